The van der Waals surface area contributed by atoms with Crippen LogP contribution in [0.15, 0.2) is 73.2 Å². The first-order valence-corrected chi connectivity index (χ1v) is 9.69. The smallest absolute Gasteiger partial charge is 0.350 e. The van der Waals surface area contributed by atoms with Crippen LogP contribution in [-0.2, 0) is 13.1 Å². The lowest BCUT2D eigenvalue weighted by Gasteiger charge is -2.13. The Balaban J connectivity index is 1.71. The second-order valence-corrected chi connectivity index (χ2v) is 7.16. The van der Waals surface area contributed by atoms with Gasteiger partial charge in [0.15, 0.2) is 0 Å². The van der Waals surface area contributed by atoms with Gasteiger partial charge in [-0.1, -0.05) is 60.2 Å². The van der Waals surface area contributed by atoms with E-state index in [1.54, 1.807) is 6.07 Å². The van der Waals surface area contributed by atoms with Crippen molar-refractivity contribution in [3.05, 3.63) is 84.3 Å². The van der Waals surface area contributed by atoms with Crippen molar-refractivity contribution in [2.75, 3.05) is 5.32 Å². The molecule has 0 saturated heterocycles. The molecule has 0 fully saturated rings. The van der Waals surface area contributed by atoms with Crippen molar-refractivity contribution in [2.24, 2.45) is 0 Å². The van der Waals surface area contributed by atoms with Crippen molar-refractivity contribution < 1.29 is 13.2 Å². The highest BCUT2D eigenvalue weighted by Gasteiger charge is 2.30. The van der Waals surface area contributed by atoms with Crippen LogP contribution in [-0.4, -0.2) is 25.7 Å². The summed E-state index contributed by atoms with van der Waals surface area (Å²) in [5.74, 6) is 0.330. The molecule has 0 aliphatic heterocycles. The van der Waals surface area contributed by atoms with Gasteiger partial charge in [0.25, 0.3) is 0 Å². The van der Waals surface area contributed by atoms with Crippen LogP contribution >= 0.6 is 0 Å². The molecule has 0 atom stereocenters. The Morgan fingerprint density at radius 2 is 1.68 bits per heavy atom. The summed E-state index contributed by atoms with van der Waals surface area (Å²) in [6.07, 6.45) is -1.65. The molecule has 0 spiro atoms. The monoisotopic (exact) mass is 423 g/mol. The van der Waals surface area contributed by atoms with Crippen molar-refractivity contribution in [1.29, 1.82) is 0 Å². The number of imidazole rings is 1. The predicted molar refractivity (Wildman–Crippen MR) is 113 cm³/mol. The van der Waals surface area contributed by atoms with Crippen LogP contribution in [0, 0.1) is 6.92 Å². The molecular formula is C23H20F3N5. The molecule has 0 radical (unpaired) electrons. The Bertz CT molecular complexity index is 1150. The predicted octanol–water partition coefficient (Wildman–Crippen LogP) is 5.49. The quantitative estimate of drug-likeness (QED) is 0.446. The van der Waals surface area contributed by atoms with Crippen LogP contribution < -0.4 is 5.32 Å². The summed E-state index contributed by atoms with van der Waals surface area (Å²) in [6.45, 7) is 1.29. The fourth-order valence-corrected chi connectivity index (χ4v) is 3.24. The first-order chi connectivity index (χ1) is 14.9. The van der Waals surface area contributed by atoms with Gasteiger partial charge in [-0.2, -0.15) is 13.2 Å². The van der Waals surface area contributed by atoms with Gasteiger partial charge >= 0.3 is 6.18 Å². The normalized spacial score (nSPS) is 11.5. The van der Waals surface area contributed by atoms with E-state index in [1.807, 2.05) is 61.5 Å². The summed E-state index contributed by atoms with van der Waals surface area (Å²) in [7, 11) is 0. The third-order valence-electron chi connectivity index (χ3n) is 4.70. The lowest BCUT2D eigenvalue weighted by atomic mass is 10.1. The van der Waals surface area contributed by atoms with Gasteiger partial charge in [-0.25, -0.2) is 15.0 Å². The fraction of sp³-hybridized carbons (Fsp3) is 0.174. The number of alkyl halides is 3. The molecule has 5 nitrogen and oxygen atoms in total. The minimum absolute atomic E-state index is 0.298. The van der Waals surface area contributed by atoms with Crippen LogP contribution in [0.3, 0.4) is 0 Å². The van der Waals surface area contributed by atoms with E-state index in [-0.39, 0.29) is 0 Å². The van der Waals surface area contributed by atoms with E-state index >= 15 is 0 Å². The lowest BCUT2D eigenvalue weighted by molar-refractivity contribution is -0.140. The van der Waals surface area contributed by atoms with Crippen LogP contribution in [0.4, 0.5) is 19.1 Å². The summed E-state index contributed by atoms with van der Waals surface area (Å²) in [4.78, 5) is 13.0. The zero-order valence-electron chi connectivity index (χ0n) is 16.8. The van der Waals surface area contributed by atoms with Crippen LogP contribution in [0.5, 0.6) is 0 Å². The zero-order chi connectivity index (χ0) is 21.8. The maximum atomic E-state index is 13.2. The number of halogens is 3. The molecule has 0 saturated carbocycles. The molecule has 2 aromatic carbocycles. The maximum Gasteiger partial charge on any atom is 0.406 e. The summed E-state index contributed by atoms with van der Waals surface area (Å²) >= 11 is 0. The highest BCUT2D eigenvalue weighted by Crippen LogP contribution is 2.32. The van der Waals surface area contributed by atoms with Crippen molar-refractivity contribution in [3.8, 4) is 22.6 Å². The third-order valence-corrected chi connectivity index (χ3v) is 4.70. The number of hydrogen-bond acceptors (Lipinski definition) is 4. The molecule has 4 aromatic rings. The van der Waals surface area contributed by atoms with Crippen molar-refractivity contribution in [2.45, 2.75) is 26.2 Å². The Labute approximate surface area is 177 Å². The molecule has 0 amide bonds. The molecule has 4 rings (SSSR count). The van der Waals surface area contributed by atoms with Crippen molar-refractivity contribution in [3.63, 3.8) is 0 Å². The van der Waals surface area contributed by atoms with Gasteiger partial charge in [-0.15, -0.1) is 0 Å². The summed E-state index contributed by atoms with van der Waals surface area (Å²) in [5, 5.41) is 3.12. The number of nitrogens with one attached hydrogen (secondary N) is 1. The molecule has 158 valence electrons. The number of anilines is 1. The Hall–Kier alpha value is -3.68. The molecule has 8 heteroatoms. The SMILES string of the molecule is Cc1ccc(-c2ncn(CC(F)(F)F)c2-c2ccnc(NCc3ccccc3)n2)cc1. The highest BCUT2D eigenvalue weighted by atomic mass is 19.4. The Kier molecular flexibility index (Phi) is 5.70. The second-order valence-electron chi connectivity index (χ2n) is 7.16. The van der Waals surface area contributed by atoms with Crippen molar-refractivity contribution >= 4 is 5.95 Å². The molecular weight excluding hydrogens is 403 g/mol. The first kappa shape index (κ1) is 20.6. The number of rotatable bonds is 6. The van der Waals surface area contributed by atoms with Gasteiger partial charge in [0.2, 0.25) is 5.95 Å². The van der Waals surface area contributed by atoms with Gasteiger partial charge < -0.3 is 9.88 Å². The van der Waals surface area contributed by atoms with Crippen LogP contribution in [0.1, 0.15) is 11.1 Å². The number of aryl methyl sites for hydroxylation is 1. The maximum absolute atomic E-state index is 13.2. The van der Waals surface area contributed by atoms with E-state index in [1.165, 1.54) is 12.5 Å². The molecule has 0 bridgehead atoms. The van der Waals surface area contributed by atoms with E-state index < -0.39 is 12.7 Å². The van der Waals surface area contributed by atoms with Gasteiger partial charge in [0.05, 0.1) is 23.4 Å². The first-order valence-electron chi connectivity index (χ1n) is 9.69. The number of hydrogen-bond donors (Lipinski definition) is 1. The van der Waals surface area contributed by atoms with E-state index in [9.17, 15) is 13.2 Å². The molecule has 2 aromatic heterocycles. The fourth-order valence-electron chi connectivity index (χ4n) is 3.24. The molecule has 2 heterocycles. The van der Waals surface area contributed by atoms with E-state index in [0.29, 0.717) is 29.6 Å². The topological polar surface area (TPSA) is 55.6 Å². The van der Waals surface area contributed by atoms with Gasteiger partial charge in [0, 0.05) is 18.3 Å². The highest BCUT2D eigenvalue weighted by molar-refractivity contribution is 5.77. The van der Waals surface area contributed by atoms with Gasteiger partial charge in [0.1, 0.15) is 6.54 Å². The minimum atomic E-state index is -4.39. The average Bonchev–Trinajstić information content (AvgIpc) is 3.15. The molecule has 0 aliphatic carbocycles. The van der Waals surface area contributed by atoms with E-state index in [0.717, 1.165) is 21.3 Å². The number of aromatic nitrogens is 4. The third kappa shape index (κ3) is 5.09. The molecule has 1 N–H and O–H groups in total. The largest absolute Gasteiger partial charge is 0.406 e. The van der Waals surface area contributed by atoms with Crippen molar-refractivity contribution in [1.82, 2.24) is 19.5 Å². The number of nitrogens with zero attached hydrogens (tertiary/aromatic N) is 4. The summed E-state index contributed by atoms with van der Waals surface area (Å²) < 4.78 is 40.7. The second kappa shape index (κ2) is 8.59. The summed E-state index contributed by atoms with van der Waals surface area (Å²) in [6, 6.07) is 18.8. The van der Waals surface area contributed by atoms with Gasteiger partial charge in [-0.3, -0.25) is 0 Å². The van der Waals surface area contributed by atoms with Gasteiger partial charge in [-0.05, 0) is 18.6 Å². The van der Waals surface area contributed by atoms with Crippen LogP contribution in [0.2, 0.25) is 0 Å². The standard InChI is InChI=1S/C23H20F3N5/c1-16-7-9-18(10-8-16)20-21(31(15-29-20)14-23(24,25)26)19-11-12-27-22(30-19)28-13-17-5-3-2-4-6-17/h2-12,15H,13-14H2,1H3,(H,27,28,30). The molecule has 31 heavy (non-hydrogen) atoms. The lowest BCUT2D eigenvalue weighted by Crippen LogP contribution is -2.18. The Morgan fingerprint density at radius 3 is 2.39 bits per heavy atom. The Morgan fingerprint density at radius 1 is 0.935 bits per heavy atom. The molecule has 0 aliphatic rings. The summed E-state index contributed by atoms with van der Waals surface area (Å²) in [5.41, 5.74) is 3.92. The number of benzene rings is 2. The van der Waals surface area contributed by atoms with Crippen LogP contribution in [0.25, 0.3) is 22.6 Å². The zero-order valence-corrected chi connectivity index (χ0v) is 16.8. The van der Waals surface area contributed by atoms with E-state index in [4.69, 9.17) is 0 Å². The minimum Gasteiger partial charge on any atom is -0.350 e. The average molecular weight is 423 g/mol. The van der Waals surface area contributed by atoms with E-state index in [2.05, 4.69) is 20.3 Å². The molecule has 0 unspecified atom stereocenters.